The monoisotopic (exact) mass is 626 g/mol. The Balaban J connectivity index is 1.22. The summed E-state index contributed by atoms with van der Waals surface area (Å²) in [4.78, 5) is 32.4. The summed E-state index contributed by atoms with van der Waals surface area (Å²) in [6, 6.07) is 3.89. The predicted octanol–water partition coefficient (Wildman–Crippen LogP) is 5.35. The molecule has 0 radical (unpaired) electrons. The van der Waals surface area contributed by atoms with Crippen molar-refractivity contribution in [2.75, 3.05) is 37.7 Å². The maximum absolute atomic E-state index is 13.4. The number of aryl methyl sites for hydroxylation is 2. The summed E-state index contributed by atoms with van der Waals surface area (Å²) >= 11 is 0. The zero-order valence-electron chi connectivity index (χ0n) is 27.2. The van der Waals surface area contributed by atoms with Crippen molar-refractivity contribution in [1.29, 1.82) is 0 Å². The maximum atomic E-state index is 13.4. The SMILES string of the molecule is CCCC[C@H]1CC[C@H](C2=NC3(CCN(S(=O)(=O)/C=C/c4c(C)cc(N(CC5(C)COC5)C(C)=O)cc4C)CC3)C(=O)N2)CC1. The van der Waals surface area contributed by atoms with Gasteiger partial charge in [0.15, 0.2) is 0 Å². The highest BCUT2D eigenvalue weighted by molar-refractivity contribution is 7.92. The van der Waals surface area contributed by atoms with Gasteiger partial charge in [-0.1, -0.05) is 33.1 Å². The largest absolute Gasteiger partial charge is 0.380 e. The minimum Gasteiger partial charge on any atom is -0.380 e. The molecule has 0 bridgehead atoms. The van der Waals surface area contributed by atoms with Gasteiger partial charge in [-0.15, -0.1) is 0 Å². The average Bonchev–Trinajstić information content (AvgIpc) is 3.28. The average molecular weight is 627 g/mol. The molecular weight excluding hydrogens is 576 g/mol. The van der Waals surface area contributed by atoms with Crippen molar-refractivity contribution < 1.29 is 22.7 Å². The van der Waals surface area contributed by atoms with Gasteiger partial charge in [-0.25, -0.2) is 8.42 Å². The van der Waals surface area contributed by atoms with E-state index in [1.807, 2.05) is 26.0 Å². The quantitative estimate of drug-likeness (QED) is 0.377. The van der Waals surface area contributed by atoms with Crippen LogP contribution in [0.1, 0.15) is 95.2 Å². The van der Waals surface area contributed by atoms with Crippen LogP contribution in [0.4, 0.5) is 5.69 Å². The first-order valence-corrected chi connectivity index (χ1v) is 17.9. The zero-order valence-corrected chi connectivity index (χ0v) is 28.0. The number of amidine groups is 1. The van der Waals surface area contributed by atoms with Crippen molar-refractivity contribution >= 4 is 39.4 Å². The summed E-state index contributed by atoms with van der Waals surface area (Å²) in [6.45, 7) is 12.1. The molecule has 2 saturated heterocycles. The molecule has 1 N–H and O–H groups in total. The molecule has 4 aliphatic rings. The van der Waals surface area contributed by atoms with Gasteiger partial charge in [-0.2, -0.15) is 4.31 Å². The van der Waals surface area contributed by atoms with Gasteiger partial charge >= 0.3 is 0 Å². The molecule has 1 saturated carbocycles. The zero-order chi connectivity index (χ0) is 31.7. The fraction of sp³-hybridized carbons (Fsp3) is 0.676. The molecule has 242 valence electrons. The number of hydrogen-bond acceptors (Lipinski definition) is 6. The van der Waals surface area contributed by atoms with Crippen LogP contribution < -0.4 is 10.2 Å². The van der Waals surface area contributed by atoms with Crippen LogP contribution in [0.3, 0.4) is 0 Å². The summed E-state index contributed by atoms with van der Waals surface area (Å²) < 4.78 is 33.6. The van der Waals surface area contributed by atoms with Gasteiger partial charge in [0, 0.05) is 49.0 Å². The lowest BCUT2D eigenvalue weighted by molar-refractivity contribution is -0.125. The molecular formula is C34H50N4O5S. The van der Waals surface area contributed by atoms with Gasteiger partial charge in [0.05, 0.1) is 13.2 Å². The lowest BCUT2D eigenvalue weighted by atomic mass is 9.79. The summed E-state index contributed by atoms with van der Waals surface area (Å²) in [7, 11) is -3.69. The number of aliphatic imine (C=N–C) groups is 1. The first-order chi connectivity index (χ1) is 20.8. The van der Waals surface area contributed by atoms with E-state index < -0.39 is 15.6 Å². The summed E-state index contributed by atoms with van der Waals surface area (Å²) in [5.74, 6) is 1.81. The smallest absolute Gasteiger partial charge is 0.253 e. The third-order valence-corrected chi connectivity index (χ3v) is 11.8. The van der Waals surface area contributed by atoms with E-state index in [9.17, 15) is 18.0 Å². The highest BCUT2D eigenvalue weighted by atomic mass is 32.2. The first-order valence-electron chi connectivity index (χ1n) is 16.4. The fourth-order valence-electron chi connectivity index (χ4n) is 7.32. The summed E-state index contributed by atoms with van der Waals surface area (Å²) in [5, 5.41) is 4.37. The van der Waals surface area contributed by atoms with E-state index in [4.69, 9.17) is 9.73 Å². The molecule has 3 aliphatic heterocycles. The fourth-order valence-corrected chi connectivity index (χ4v) is 8.49. The highest BCUT2D eigenvalue weighted by Crippen LogP contribution is 2.37. The van der Waals surface area contributed by atoms with Crippen LogP contribution in [0.5, 0.6) is 0 Å². The Kier molecular flexibility index (Phi) is 9.73. The lowest BCUT2D eigenvalue weighted by Crippen LogP contribution is -2.50. The molecule has 1 spiro atoms. The molecule has 44 heavy (non-hydrogen) atoms. The predicted molar refractivity (Wildman–Crippen MR) is 175 cm³/mol. The summed E-state index contributed by atoms with van der Waals surface area (Å²) in [5.41, 5.74) is 2.51. The van der Waals surface area contributed by atoms with Crippen molar-refractivity contribution in [1.82, 2.24) is 9.62 Å². The Bertz CT molecular complexity index is 1390. The molecule has 10 heteroatoms. The van der Waals surface area contributed by atoms with E-state index in [0.717, 1.165) is 47.0 Å². The number of hydrogen-bond donors (Lipinski definition) is 1. The van der Waals surface area contributed by atoms with E-state index in [1.54, 1.807) is 17.9 Å². The number of nitrogens with zero attached hydrogens (tertiary/aromatic N) is 3. The molecule has 3 heterocycles. The number of nitrogens with one attached hydrogen (secondary N) is 1. The number of carbonyl (C=O) groups excluding carboxylic acids is 2. The van der Waals surface area contributed by atoms with E-state index in [0.29, 0.717) is 38.5 Å². The number of ether oxygens (including phenoxy) is 1. The highest BCUT2D eigenvalue weighted by Gasteiger charge is 2.48. The summed E-state index contributed by atoms with van der Waals surface area (Å²) in [6.07, 6.45) is 10.8. The second-order valence-corrected chi connectivity index (χ2v) is 15.8. The normalized spacial score (nSPS) is 25.1. The van der Waals surface area contributed by atoms with Crippen molar-refractivity contribution in [2.45, 2.75) is 97.9 Å². The van der Waals surface area contributed by atoms with Crippen LogP contribution in [0, 0.1) is 31.1 Å². The van der Waals surface area contributed by atoms with Crippen LogP contribution in [-0.2, 0) is 24.3 Å². The number of rotatable bonds is 10. The topological polar surface area (TPSA) is 108 Å². The van der Waals surface area contributed by atoms with Gasteiger partial charge in [-0.05, 0) is 93.2 Å². The molecule has 1 aromatic carbocycles. The number of piperidine rings is 1. The van der Waals surface area contributed by atoms with E-state index >= 15 is 0 Å². The molecule has 5 rings (SSSR count). The Morgan fingerprint density at radius 1 is 1.14 bits per heavy atom. The van der Waals surface area contributed by atoms with Gasteiger partial charge in [-0.3, -0.25) is 14.6 Å². The third-order valence-electron chi connectivity index (χ3n) is 10.2. The standard InChI is InChI=1S/C34H50N4O5S/c1-6-7-8-27-9-11-28(12-10-27)31-35-32(40)34(36-31)14-16-37(17-15-34)44(41,42)18-13-30-24(2)19-29(20-25(30)3)38(26(4)39)21-33(5)22-43-23-33/h13,18-20,27-28H,6-12,14-17,21-23H2,1-5H3,(H,35,36,40)/b18-13+/t27-,28-. The van der Waals surface area contributed by atoms with E-state index in [2.05, 4.69) is 19.2 Å². The molecule has 1 aliphatic carbocycles. The Hall–Kier alpha value is -2.56. The second kappa shape index (κ2) is 13.0. The molecule has 9 nitrogen and oxygen atoms in total. The number of benzene rings is 1. The van der Waals surface area contributed by atoms with E-state index in [-0.39, 0.29) is 30.3 Å². The molecule has 2 amide bonds. The van der Waals surface area contributed by atoms with Crippen LogP contribution in [0.15, 0.2) is 22.5 Å². The first kappa shape index (κ1) is 32.8. The van der Waals surface area contributed by atoms with Gasteiger partial charge in [0.2, 0.25) is 15.9 Å². The van der Waals surface area contributed by atoms with Crippen LogP contribution in [0.2, 0.25) is 0 Å². The van der Waals surface area contributed by atoms with Gasteiger partial charge < -0.3 is 15.0 Å². The minimum absolute atomic E-state index is 0.0344. The van der Waals surface area contributed by atoms with Crippen LogP contribution in [0.25, 0.3) is 6.08 Å². The van der Waals surface area contributed by atoms with Crippen molar-refractivity contribution in [3.8, 4) is 0 Å². The van der Waals surface area contributed by atoms with Crippen LogP contribution >= 0.6 is 0 Å². The Labute approximate surface area is 263 Å². The number of amides is 2. The molecule has 0 atom stereocenters. The van der Waals surface area contributed by atoms with Crippen molar-refractivity contribution in [3.63, 3.8) is 0 Å². The van der Waals surface area contributed by atoms with Crippen molar-refractivity contribution in [2.24, 2.45) is 22.2 Å². The third kappa shape index (κ3) is 6.97. The number of carbonyl (C=O) groups is 2. The van der Waals surface area contributed by atoms with Crippen LogP contribution in [-0.4, -0.2) is 68.8 Å². The molecule has 3 fully saturated rings. The molecule has 0 unspecified atom stereocenters. The minimum atomic E-state index is -3.69. The number of sulfonamides is 1. The molecule has 0 aromatic heterocycles. The number of unbranched alkanes of at least 4 members (excludes halogenated alkanes) is 1. The second-order valence-electron chi connectivity index (χ2n) is 14.0. The van der Waals surface area contributed by atoms with Gasteiger partial charge in [0.25, 0.3) is 5.91 Å². The van der Waals surface area contributed by atoms with Crippen molar-refractivity contribution in [3.05, 3.63) is 34.2 Å². The Morgan fingerprint density at radius 3 is 2.32 bits per heavy atom. The lowest BCUT2D eigenvalue weighted by Gasteiger charge is -2.41. The molecule has 1 aromatic rings. The maximum Gasteiger partial charge on any atom is 0.253 e. The van der Waals surface area contributed by atoms with Gasteiger partial charge in [0.1, 0.15) is 11.4 Å². The number of anilines is 1. The van der Waals surface area contributed by atoms with E-state index in [1.165, 1.54) is 41.8 Å². The Morgan fingerprint density at radius 2 is 1.77 bits per heavy atom.